The Morgan fingerprint density at radius 1 is 1.73 bits per heavy atom. The van der Waals surface area contributed by atoms with Gasteiger partial charge in [0.25, 0.3) is 0 Å². The molecule has 0 aromatic rings. The number of carbonyl (C=O) groups excluding carboxylic acids is 2. The van der Waals surface area contributed by atoms with Crippen molar-refractivity contribution in [3.63, 3.8) is 0 Å². The topological polar surface area (TPSA) is 87.5 Å². The summed E-state index contributed by atoms with van der Waals surface area (Å²) in [6.45, 7) is 4.71. The highest BCUT2D eigenvalue weighted by atomic mass is 16.2. The van der Waals surface area contributed by atoms with Gasteiger partial charge in [-0.2, -0.15) is 0 Å². The lowest BCUT2D eigenvalue weighted by molar-refractivity contribution is -0.118. The van der Waals surface area contributed by atoms with E-state index in [1.165, 1.54) is 0 Å². The minimum atomic E-state index is -0.311. The number of primary amides is 1. The van der Waals surface area contributed by atoms with Gasteiger partial charge in [0.15, 0.2) is 0 Å². The Balaban J connectivity index is 2.10. The van der Waals surface area contributed by atoms with Gasteiger partial charge in [-0.15, -0.1) is 0 Å². The fourth-order valence-corrected chi connectivity index (χ4v) is 1.54. The van der Waals surface area contributed by atoms with Gasteiger partial charge in [0.2, 0.25) is 5.91 Å². The Hall–Kier alpha value is -1.30. The molecule has 0 aromatic heterocycles. The lowest BCUT2D eigenvalue weighted by atomic mass is 10.2. The first kappa shape index (κ1) is 11.8. The molecule has 3 amide bonds. The van der Waals surface area contributed by atoms with E-state index < -0.39 is 0 Å². The number of nitrogens with two attached hydrogens (primary N) is 1. The largest absolute Gasteiger partial charge is 0.370 e. The number of amides is 3. The van der Waals surface area contributed by atoms with E-state index >= 15 is 0 Å². The van der Waals surface area contributed by atoms with Crippen LogP contribution in [0.25, 0.3) is 0 Å². The second-order valence-corrected chi connectivity index (χ2v) is 3.74. The first-order valence-corrected chi connectivity index (χ1v) is 5.14. The molecule has 1 atom stereocenters. The van der Waals surface area contributed by atoms with E-state index in [0.29, 0.717) is 19.5 Å². The molecule has 0 aromatic carbocycles. The van der Waals surface area contributed by atoms with Gasteiger partial charge >= 0.3 is 6.03 Å². The van der Waals surface area contributed by atoms with Crippen molar-refractivity contribution < 1.29 is 9.59 Å². The Morgan fingerprint density at radius 3 is 3.00 bits per heavy atom. The van der Waals surface area contributed by atoms with Crippen molar-refractivity contribution in [2.45, 2.75) is 19.4 Å². The van der Waals surface area contributed by atoms with Crippen molar-refractivity contribution in [2.75, 3.05) is 26.2 Å². The zero-order valence-electron chi connectivity index (χ0n) is 8.95. The van der Waals surface area contributed by atoms with Crippen LogP contribution in [0.2, 0.25) is 0 Å². The summed E-state index contributed by atoms with van der Waals surface area (Å²) >= 11 is 0. The predicted molar refractivity (Wildman–Crippen MR) is 56.2 cm³/mol. The van der Waals surface area contributed by atoms with Crippen LogP contribution in [0, 0.1) is 0 Å². The van der Waals surface area contributed by atoms with E-state index in [0.717, 1.165) is 13.1 Å². The lowest BCUT2D eigenvalue weighted by Gasteiger charge is -2.17. The van der Waals surface area contributed by atoms with Crippen molar-refractivity contribution in [3.8, 4) is 0 Å². The molecule has 0 radical (unpaired) electrons. The van der Waals surface area contributed by atoms with E-state index in [-0.39, 0.29) is 18.0 Å². The monoisotopic (exact) mass is 214 g/mol. The van der Waals surface area contributed by atoms with Crippen LogP contribution >= 0.6 is 0 Å². The summed E-state index contributed by atoms with van der Waals surface area (Å²) in [6.07, 6.45) is 0.326. The molecule has 1 fully saturated rings. The van der Waals surface area contributed by atoms with Crippen LogP contribution in [-0.2, 0) is 4.79 Å². The van der Waals surface area contributed by atoms with Crippen molar-refractivity contribution in [3.05, 3.63) is 0 Å². The third-order valence-corrected chi connectivity index (χ3v) is 2.33. The molecule has 1 heterocycles. The van der Waals surface area contributed by atoms with Gasteiger partial charge in [-0.25, -0.2) is 4.79 Å². The zero-order chi connectivity index (χ0) is 11.3. The zero-order valence-corrected chi connectivity index (χ0v) is 8.95. The maximum atomic E-state index is 11.1. The minimum absolute atomic E-state index is 0.0145. The molecule has 1 saturated heterocycles. The third-order valence-electron chi connectivity index (χ3n) is 2.33. The first-order valence-electron chi connectivity index (χ1n) is 5.14. The molecule has 15 heavy (non-hydrogen) atoms. The summed E-state index contributed by atoms with van der Waals surface area (Å²) in [4.78, 5) is 23.5. The first-order chi connectivity index (χ1) is 7.09. The molecule has 0 spiro atoms. The Kier molecular flexibility index (Phi) is 4.36. The highest BCUT2D eigenvalue weighted by Crippen LogP contribution is 1.95. The molecular weight excluding hydrogens is 196 g/mol. The van der Waals surface area contributed by atoms with Gasteiger partial charge in [-0.05, 0) is 6.92 Å². The highest BCUT2D eigenvalue weighted by molar-refractivity contribution is 5.76. The number of hydrogen-bond acceptors (Lipinski definition) is 3. The standard InChI is InChI=1S/C9H18N4O2/c1-7(6-8(10)14)11-2-4-13-5-3-12-9(13)15/h7,11H,2-6H2,1H3,(H2,10,14)(H,12,15). The van der Waals surface area contributed by atoms with Crippen LogP contribution in [0.15, 0.2) is 0 Å². The van der Waals surface area contributed by atoms with Gasteiger partial charge in [0.05, 0.1) is 0 Å². The fraction of sp³-hybridized carbons (Fsp3) is 0.778. The molecule has 1 rings (SSSR count). The summed E-state index contributed by atoms with van der Waals surface area (Å²) in [6, 6.07) is 0.0486. The summed E-state index contributed by atoms with van der Waals surface area (Å²) < 4.78 is 0. The third kappa shape index (κ3) is 4.16. The number of nitrogens with zero attached hydrogens (tertiary/aromatic N) is 1. The highest BCUT2D eigenvalue weighted by Gasteiger charge is 2.18. The Labute approximate surface area is 89.2 Å². The van der Waals surface area contributed by atoms with Crippen LogP contribution in [0.3, 0.4) is 0 Å². The fourth-order valence-electron chi connectivity index (χ4n) is 1.54. The maximum Gasteiger partial charge on any atom is 0.317 e. The summed E-state index contributed by atoms with van der Waals surface area (Å²) in [5.74, 6) is -0.311. The predicted octanol–water partition coefficient (Wildman–Crippen LogP) is -1.13. The smallest absolute Gasteiger partial charge is 0.317 e. The average molecular weight is 214 g/mol. The molecule has 1 aliphatic rings. The molecular formula is C9H18N4O2. The molecule has 6 nitrogen and oxygen atoms in total. The molecule has 86 valence electrons. The Bertz CT molecular complexity index is 244. The number of urea groups is 1. The Morgan fingerprint density at radius 2 is 2.47 bits per heavy atom. The van der Waals surface area contributed by atoms with Gasteiger partial charge < -0.3 is 21.3 Å². The van der Waals surface area contributed by atoms with Gasteiger partial charge in [-0.1, -0.05) is 0 Å². The molecule has 4 N–H and O–H groups in total. The normalized spacial score (nSPS) is 17.7. The van der Waals surface area contributed by atoms with Crippen molar-refractivity contribution in [2.24, 2.45) is 5.73 Å². The number of nitrogens with one attached hydrogen (secondary N) is 2. The average Bonchev–Trinajstić information content (AvgIpc) is 2.50. The van der Waals surface area contributed by atoms with E-state index in [4.69, 9.17) is 5.73 Å². The van der Waals surface area contributed by atoms with Crippen LogP contribution in [-0.4, -0.2) is 49.1 Å². The number of carbonyl (C=O) groups is 2. The van der Waals surface area contributed by atoms with Gasteiger partial charge in [-0.3, -0.25) is 4.79 Å². The molecule has 0 aliphatic carbocycles. The van der Waals surface area contributed by atoms with E-state index in [9.17, 15) is 9.59 Å². The maximum absolute atomic E-state index is 11.1. The second-order valence-electron chi connectivity index (χ2n) is 3.74. The number of hydrogen-bond donors (Lipinski definition) is 3. The summed E-state index contributed by atoms with van der Waals surface area (Å²) in [5.41, 5.74) is 5.06. The van der Waals surface area contributed by atoms with Gasteiger partial charge in [0, 0.05) is 38.6 Å². The molecule has 0 bridgehead atoms. The summed E-state index contributed by atoms with van der Waals surface area (Å²) in [5, 5.41) is 5.86. The van der Waals surface area contributed by atoms with Crippen LogP contribution in [0.4, 0.5) is 4.79 Å². The minimum Gasteiger partial charge on any atom is -0.370 e. The summed E-state index contributed by atoms with van der Waals surface area (Å²) in [7, 11) is 0. The number of rotatable bonds is 6. The molecule has 1 unspecified atom stereocenters. The molecule has 1 aliphatic heterocycles. The van der Waals surface area contributed by atoms with Crippen molar-refractivity contribution in [1.29, 1.82) is 0 Å². The van der Waals surface area contributed by atoms with E-state index in [1.807, 2.05) is 6.92 Å². The SMILES string of the molecule is CC(CC(N)=O)NCCN1CCNC1=O. The van der Waals surface area contributed by atoms with Crippen molar-refractivity contribution >= 4 is 11.9 Å². The van der Waals surface area contributed by atoms with Crippen LogP contribution in [0.5, 0.6) is 0 Å². The van der Waals surface area contributed by atoms with E-state index in [2.05, 4.69) is 10.6 Å². The van der Waals surface area contributed by atoms with Crippen LogP contribution in [0.1, 0.15) is 13.3 Å². The van der Waals surface area contributed by atoms with E-state index in [1.54, 1.807) is 4.90 Å². The van der Waals surface area contributed by atoms with Crippen LogP contribution < -0.4 is 16.4 Å². The molecule has 0 saturated carbocycles. The lowest BCUT2D eigenvalue weighted by Crippen LogP contribution is -2.38. The van der Waals surface area contributed by atoms with Crippen molar-refractivity contribution in [1.82, 2.24) is 15.5 Å². The second kappa shape index (κ2) is 5.55. The molecule has 6 heteroatoms. The quantitative estimate of drug-likeness (QED) is 0.522. The van der Waals surface area contributed by atoms with Gasteiger partial charge in [0.1, 0.15) is 0 Å².